The third kappa shape index (κ3) is 4.85. The minimum atomic E-state index is -4.49. The van der Waals surface area contributed by atoms with Crippen LogP contribution in [0.2, 0.25) is 0 Å². The summed E-state index contributed by atoms with van der Waals surface area (Å²) in [4.78, 5) is 12.9. The van der Waals surface area contributed by atoms with Crippen molar-refractivity contribution in [3.05, 3.63) is 65.2 Å². The molecule has 3 nitrogen and oxygen atoms in total. The SMILES string of the molecule is CSc1ccc(/C=N\NC(=O)c2cccc(C(F)(F)F)c2)cc1. The van der Waals surface area contributed by atoms with Gasteiger partial charge in [0, 0.05) is 10.5 Å². The molecule has 120 valence electrons. The zero-order valence-corrected chi connectivity index (χ0v) is 12.9. The molecule has 1 N–H and O–H groups in total. The summed E-state index contributed by atoms with van der Waals surface area (Å²) in [7, 11) is 0. The first-order valence-corrected chi connectivity index (χ1v) is 7.77. The molecule has 1 amide bonds. The first-order chi connectivity index (χ1) is 10.9. The highest BCUT2D eigenvalue weighted by atomic mass is 32.2. The zero-order chi connectivity index (χ0) is 16.9. The number of carbonyl (C=O) groups excluding carboxylic acids is 1. The molecule has 0 atom stereocenters. The summed E-state index contributed by atoms with van der Waals surface area (Å²) in [6.45, 7) is 0. The van der Waals surface area contributed by atoms with E-state index in [2.05, 4.69) is 10.5 Å². The van der Waals surface area contributed by atoms with Crippen LogP contribution in [0.15, 0.2) is 58.5 Å². The summed E-state index contributed by atoms with van der Waals surface area (Å²) in [5.74, 6) is -0.701. The van der Waals surface area contributed by atoms with Gasteiger partial charge in [0.05, 0.1) is 11.8 Å². The Morgan fingerprint density at radius 1 is 1.17 bits per heavy atom. The van der Waals surface area contributed by atoms with Gasteiger partial charge in [0.25, 0.3) is 5.91 Å². The molecule has 0 aliphatic heterocycles. The Bertz CT molecular complexity index is 712. The molecular formula is C16H13F3N2OS. The van der Waals surface area contributed by atoms with Crippen molar-refractivity contribution in [2.24, 2.45) is 5.10 Å². The number of benzene rings is 2. The van der Waals surface area contributed by atoms with E-state index in [-0.39, 0.29) is 5.56 Å². The highest BCUT2D eigenvalue weighted by molar-refractivity contribution is 7.98. The highest BCUT2D eigenvalue weighted by Crippen LogP contribution is 2.29. The van der Waals surface area contributed by atoms with Crippen molar-refractivity contribution in [1.82, 2.24) is 5.43 Å². The molecule has 0 bridgehead atoms. The van der Waals surface area contributed by atoms with Gasteiger partial charge >= 0.3 is 6.18 Å². The Hall–Kier alpha value is -2.28. The van der Waals surface area contributed by atoms with Gasteiger partial charge in [0.15, 0.2) is 0 Å². The number of carbonyl (C=O) groups is 1. The smallest absolute Gasteiger partial charge is 0.267 e. The number of rotatable bonds is 4. The lowest BCUT2D eigenvalue weighted by atomic mass is 10.1. The zero-order valence-electron chi connectivity index (χ0n) is 12.1. The topological polar surface area (TPSA) is 41.5 Å². The van der Waals surface area contributed by atoms with Crippen molar-refractivity contribution in [2.45, 2.75) is 11.1 Å². The molecule has 0 unspecified atom stereocenters. The lowest BCUT2D eigenvalue weighted by Gasteiger charge is -2.07. The van der Waals surface area contributed by atoms with Gasteiger partial charge in [-0.3, -0.25) is 4.79 Å². The molecule has 0 saturated carbocycles. The van der Waals surface area contributed by atoms with Crippen LogP contribution < -0.4 is 5.43 Å². The fraction of sp³-hybridized carbons (Fsp3) is 0.125. The number of hydrazone groups is 1. The number of nitrogens with zero attached hydrogens (tertiary/aromatic N) is 1. The van der Waals surface area contributed by atoms with E-state index in [0.717, 1.165) is 22.6 Å². The summed E-state index contributed by atoms with van der Waals surface area (Å²) in [5, 5.41) is 3.75. The van der Waals surface area contributed by atoms with Crippen molar-refractivity contribution >= 4 is 23.9 Å². The van der Waals surface area contributed by atoms with Gasteiger partial charge < -0.3 is 0 Å². The molecule has 23 heavy (non-hydrogen) atoms. The summed E-state index contributed by atoms with van der Waals surface area (Å²) >= 11 is 1.60. The van der Waals surface area contributed by atoms with E-state index in [1.165, 1.54) is 18.3 Å². The molecule has 2 rings (SSSR count). The van der Waals surface area contributed by atoms with E-state index in [1.54, 1.807) is 11.8 Å². The molecule has 0 saturated heterocycles. The van der Waals surface area contributed by atoms with Crippen molar-refractivity contribution in [2.75, 3.05) is 6.26 Å². The van der Waals surface area contributed by atoms with Crippen molar-refractivity contribution in [1.29, 1.82) is 0 Å². The second-order valence-corrected chi connectivity index (χ2v) is 5.43. The second-order valence-electron chi connectivity index (χ2n) is 4.55. The molecule has 0 aliphatic rings. The van der Waals surface area contributed by atoms with Crippen molar-refractivity contribution < 1.29 is 18.0 Å². The maximum absolute atomic E-state index is 12.6. The molecule has 2 aromatic rings. The number of nitrogens with one attached hydrogen (secondary N) is 1. The molecule has 0 spiro atoms. The summed E-state index contributed by atoms with van der Waals surface area (Å²) in [6.07, 6.45) is -1.10. The van der Waals surface area contributed by atoms with Gasteiger partial charge in [-0.25, -0.2) is 5.43 Å². The maximum Gasteiger partial charge on any atom is 0.416 e. The van der Waals surface area contributed by atoms with E-state index < -0.39 is 17.6 Å². The highest BCUT2D eigenvalue weighted by Gasteiger charge is 2.30. The molecule has 0 aliphatic carbocycles. The third-order valence-corrected chi connectivity index (χ3v) is 3.69. The number of alkyl halides is 3. The van der Waals surface area contributed by atoms with Gasteiger partial charge in [-0.05, 0) is 42.2 Å². The number of amides is 1. The van der Waals surface area contributed by atoms with E-state index in [9.17, 15) is 18.0 Å². The predicted octanol–water partition coefficient (Wildman–Crippen LogP) is 4.19. The number of hydrogen-bond acceptors (Lipinski definition) is 3. The number of thioether (sulfide) groups is 1. The Balaban J connectivity index is 2.03. The van der Waals surface area contributed by atoms with Crippen LogP contribution >= 0.6 is 11.8 Å². The van der Waals surface area contributed by atoms with Crippen LogP contribution in [0.3, 0.4) is 0 Å². The Kier molecular flexibility index (Phi) is 5.44. The maximum atomic E-state index is 12.6. The fourth-order valence-electron chi connectivity index (χ4n) is 1.76. The van der Waals surface area contributed by atoms with Gasteiger partial charge in [-0.1, -0.05) is 18.2 Å². The van der Waals surface area contributed by atoms with Crippen LogP contribution in [0.5, 0.6) is 0 Å². The van der Waals surface area contributed by atoms with Crippen LogP contribution in [-0.2, 0) is 6.18 Å². The summed E-state index contributed by atoms with van der Waals surface area (Å²) in [5.41, 5.74) is 2.01. The van der Waals surface area contributed by atoms with Crippen LogP contribution in [0.4, 0.5) is 13.2 Å². The summed E-state index contributed by atoms with van der Waals surface area (Å²) in [6, 6.07) is 11.6. The van der Waals surface area contributed by atoms with Gasteiger partial charge in [-0.2, -0.15) is 18.3 Å². The van der Waals surface area contributed by atoms with E-state index >= 15 is 0 Å². The second kappa shape index (κ2) is 7.32. The first kappa shape index (κ1) is 17.1. The monoisotopic (exact) mass is 338 g/mol. The minimum absolute atomic E-state index is 0.102. The summed E-state index contributed by atoms with van der Waals surface area (Å²) < 4.78 is 37.8. The van der Waals surface area contributed by atoms with Gasteiger partial charge in [0.1, 0.15) is 0 Å². The fourth-order valence-corrected chi connectivity index (χ4v) is 2.16. The van der Waals surface area contributed by atoms with E-state index in [1.807, 2.05) is 30.5 Å². The first-order valence-electron chi connectivity index (χ1n) is 6.55. The Morgan fingerprint density at radius 2 is 1.87 bits per heavy atom. The standard InChI is InChI=1S/C16H13F3N2OS/c1-23-14-7-5-11(6-8-14)10-20-21-15(22)12-3-2-4-13(9-12)16(17,18)19/h2-10H,1H3,(H,21,22)/b20-10-. The Labute approximate surface area is 135 Å². The average molecular weight is 338 g/mol. The molecular weight excluding hydrogens is 325 g/mol. The van der Waals surface area contributed by atoms with Gasteiger partial charge in [-0.15, -0.1) is 11.8 Å². The molecule has 0 radical (unpaired) electrons. The van der Waals surface area contributed by atoms with Crippen LogP contribution in [-0.4, -0.2) is 18.4 Å². The van der Waals surface area contributed by atoms with Crippen LogP contribution in [0.25, 0.3) is 0 Å². The van der Waals surface area contributed by atoms with Crippen molar-refractivity contribution in [3.63, 3.8) is 0 Å². The van der Waals surface area contributed by atoms with Crippen LogP contribution in [0.1, 0.15) is 21.5 Å². The van der Waals surface area contributed by atoms with Crippen LogP contribution in [0, 0.1) is 0 Å². The average Bonchev–Trinajstić information content (AvgIpc) is 2.54. The molecule has 7 heteroatoms. The molecule has 2 aromatic carbocycles. The molecule has 0 heterocycles. The normalized spacial score (nSPS) is 11.7. The molecule has 0 fully saturated rings. The largest absolute Gasteiger partial charge is 0.416 e. The van der Waals surface area contributed by atoms with E-state index in [0.29, 0.717) is 0 Å². The molecule has 0 aromatic heterocycles. The minimum Gasteiger partial charge on any atom is -0.267 e. The van der Waals surface area contributed by atoms with E-state index in [4.69, 9.17) is 0 Å². The lowest BCUT2D eigenvalue weighted by Crippen LogP contribution is -2.18. The Morgan fingerprint density at radius 3 is 2.48 bits per heavy atom. The number of hydrogen-bond donors (Lipinski definition) is 1. The predicted molar refractivity (Wildman–Crippen MR) is 84.7 cm³/mol. The quantitative estimate of drug-likeness (QED) is 0.516. The lowest BCUT2D eigenvalue weighted by molar-refractivity contribution is -0.137. The number of halogens is 3. The van der Waals surface area contributed by atoms with Gasteiger partial charge in [0.2, 0.25) is 0 Å². The third-order valence-electron chi connectivity index (χ3n) is 2.95. The van der Waals surface area contributed by atoms with Crippen molar-refractivity contribution in [3.8, 4) is 0 Å².